The van der Waals surface area contributed by atoms with E-state index in [4.69, 9.17) is 0 Å². The lowest BCUT2D eigenvalue weighted by atomic mass is 10.0. The molecule has 29 heavy (non-hydrogen) atoms. The van der Waals surface area contributed by atoms with Crippen molar-refractivity contribution in [3.63, 3.8) is 0 Å². The summed E-state index contributed by atoms with van der Waals surface area (Å²) in [4.78, 5) is 14.5. The number of carbonyl (C=O) groups is 1. The number of benzene rings is 3. The summed E-state index contributed by atoms with van der Waals surface area (Å²) in [5.74, 6) is -0.245. The molecule has 1 aromatic heterocycles. The zero-order valence-corrected chi connectivity index (χ0v) is 16.0. The number of likely N-dealkylation sites (N-methyl/N-ethyl adjacent to an activating group) is 1. The topological polar surface area (TPSA) is 25.2 Å². The van der Waals surface area contributed by atoms with E-state index in [1.165, 1.54) is 6.07 Å². The summed E-state index contributed by atoms with van der Waals surface area (Å²) < 4.78 is 15.7. The summed E-state index contributed by atoms with van der Waals surface area (Å²) in [5, 5.41) is 1.07. The fourth-order valence-corrected chi connectivity index (χ4v) is 4.05. The lowest BCUT2D eigenvalue weighted by molar-refractivity contribution is -0.112. The molecule has 2 heterocycles. The highest BCUT2D eigenvalue weighted by Crippen LogP contribution is 2.37. The second-order valence-corrected chi connectivity index (χ2v) is 7.30. The molecule has 3 nitrogen and oxygen atoms in total. The first-order valence-corrected chi connectivity index (χ1v) is 9.53. The summed E-state index contributed by atoms with van der Waals surface area (Å²) in [6.07, 6.45) is 4.01. The van der Waals surface area contributed by atoms with Crippen LogP contribution in [-0.4, -0.2) is 17.5 Å². The van der Waals surface area contributed by atoms with Crippen LogP contribution >= 0.6 is 0 Å². The molecule has 0 fully saturated rings. The van der Waals surface area contributed by atoms with E-state index < -0.39 is 0 Å². The van der Waals surface area contributed by atoms with E-state index in [2.05, 4.69) is 10.6 Å². The highest BCUT2D eigenvalue weighted by molar-refractivity contribution is 6.36. The number of halogens is 1. The first-order chi connectivity index (χ1) is 14.1. The molecule has 0 saturated carbocycles. The van der Waals surface area contributed by atoms with Crippen molar-refractivity contribution < 1.29 is 9.18 Å². The lowest BCUT2D eigenvalue weighted by Gasteiger charge is -2.07. The standard InChI is InChI=1S/C25H19FN2O/c1-27-23-11-4-3-10-21(23)22(25(27)29)14-18-16-28(24-12-5-2-9-20(18)24)15-17-7-6-8-19(26)13-17/h2-14,16H,15H2,1H3/b22-14+. The van der Waals surface area contributed by atoms with Crippen molar-refractivity contribution in [1.82, 2.24) is 4.57 Å². The highest BCUT2D eigenvalue weighted by Gasteiger charge is 2.29. The van der Waals surface area contributed by atoms with Gasteiger partial charge in [0, 0.05) is 47.4 Å². The number of hydrogen-bond donors (Lipinski definition) is 0. The molecule has 0 atom stereocenters. The Morgan fingerprint density at radius 3 is 2.62 bits per heavy atom. The van der Waals surface area contributed by atoms with Crippen LogP contribution in [0.5, 0.6) is 0 Å². The fraction of sp³-hybridized carbons (Fsp3) is 0.0800. The third kappa shape index (κ3) is 2.93. The van der Waals surface area contributed by atoms with Crippen LogP contribution < -0.4 is 4.90 Å². The van der Waals surface area contributed by atoms with Crippen molar-refractivity contribution in [2.75, 3.05) is 11.9 Å². The predicted octanol–water partition coefficient (Wildman–Crippen LogP) is 5.35. The molecule has 1 aliphatic heterocycles. The number of nitrogens with zero attached hydrogens (tertiary/aromatic N) is 2. The number of fused-ring (bicyclic) bond motifs is 2. The summed E-state index contributed by atoms with van der Waals surface area (Å²) in [7, 11) is 1.80. The second kappa shape index (κ2) is 6.74. The molecule has 1 amide bonds. The van der Waals surface area contributed by atoms with Gasteiger partial charge < -0.3 is 9.47 Å². The van der Waals surface area contributed by atoms with Gasteiger partial charge in [0.1, 0.15) is 5.82 Å². The van der Waals surface area contributed by atoms with Crippen LogP contribution in [0.2, 0.25) is 0 Å². The molecule has 4 aromatic rings. The van der Waals surface area contributed by atoms with Gasteiger partial charge in [0.25, 0.3) is 5.91 Å². The van der Waals surface area contributed by atoms with Gasteiger partial charge in [0.2, 0.25) is 0 Å². The monoisotopic (exact) mass is 382 g/mol. The zero-order valence-electron chi connectivity index (χ0n) is 16.0. The highest BCUT2D eigenvalue weighted by atomic mass is 19.1. The van der Waals surface area contributed by atoms with Crippen molar-refractivity contribution in [2.45, 2.75) is 6.54 Å². The summed E-state index contributed by atoms with van der Waals surface area (Å²) >= 11 is 0. The van der Waals surface area contributed by atoms with E-state index in [-0.39, 0.29) is 11.7 Å². The van der Waals surface area contributed by atoms with E-state index >= 15 is 0 Å². The summed E-state index contributed by atoms with van der Waals surface area (Å²) in [6, 6.07) is 22.6. The van der Waals surface area contributed by atoms with Gasteiger partial charge in [-0.1, -0.05) is 48.5 Å². The number of amides is 1. The van der Waals surface area contributed by atoms with Gasteiger partial charge in [-0.25, -0.2) is 4.39 Å². The third-order valence-electron chi connectivity index (χ3n) is 5.45. The molecular formula is C25H19FN2O. The summed E-state index contributed by atoms with van der Waals surface area (Å²) in [6.45, 7) is 0.561. The van der Waals surface area contributed by atoms with Crippen molar-refractivity contribution in [3.8, 4) is 0 Å². The molecule has 3 aromatic carbocycles. The van der Waals surface area contributed by atoms with E-state index in [0.29, 0.717) is 12.1 Å². The smallest absolute Gasteiger partial charge is 0.258 e. The number of hydrogen-bond acceptors (Lipinski definition) is 1. The van der Waals surface area contributed by atoms with Crippen molar-refractivity contribution in [2.24, 2.45) is 0 Å². The van der Waals surface area contributed by atoms with Gasteiger partial charge in [-0.15, -0.1) is 0 Å². The number of anilines is 1. The van der Waals surface area contributed by atoms with Crippen molar-refractivity contribution in [3.05, 3.63) is 102 Å². The Hall–Kier alpha value is -3.66. The Kier molecular flexibility index (Phi) is 4.06. The minimum atomic E-state index is -0.238. The second-order valence-electron chi connectivity index (χ2n) is 7.30. The van der Waals surface area contributed by atoms with Crippen LogP contribution in [0, 0.1) is 5.82 Å². The number of para-hydroxylation sites is 2. The normalized spacial score (nSPS) is 14.8. The molecule has 0 aliphatic carbocycles. The molecule has 0 saturated heterocycles. The third-order valence-corrected chi connectivity index (χ3v) is 5.45. The number of rotatable bonds is 3. The fourth-order valence-electron chi connectivity index (χ4n) is 4.05. The minimum absolute atomic E-state index is 0.00633. The Labute approximate surface area is 168 Å². The van der Waals surface area contributed by atoms with Crippen LogP contribution in [-0.2, 0) is 11.3 Å². The molecule has 0 radical (unpaired) electrons. The lowest BCUT2D eigenvalue weighted by Crippen LogP contribution is -2.20. The van der Waals surface area contributed by atoms with Crippen LogP contribution in [0.15, 0.2) is 79.0 Å². The van der Waals surface area contributed by atoms with Gasteiger partial charge in [-0.3, -0.25) is 4.79 Å². The Morgan fingerprint density at radius 2 is 1.76 bits per heavy atom. The molecule has 142 valence electrons. The maximum Gasteiger partial charge on any atom is 0.258 e. The van der Waals surface area contributed by atoms with Gasteiger partial charge >= 0.3 is 0 Å². The Balaban J connectivity index is 1.63. The molecule has 0 N–H and O–H groups in total. The van der Waals surface area contributed by atoms with Crippen LogP contribution in [0.3, 0.4) is 0 Å². The quantitative estimate of drug-likeness (QED) is 0.439. The molecule has 0 unspecified atom stereocenters. The van der Waals surface area contributed by atoms with E-state index in [1.807, 2.05) is 60.8 Å². The number of aromatic nitrogens is 1. The first-order valence-electron chi connectivity index (χ1n) is 9.53. The Morgan fingerprint density at radius 1 is 0.966 bits per heavy atom. The largest absolute Gasteiger partial charge is 0.342 e. The predicted molar refractivity (Wildman–Crippen MR) is 115 cm³/mol. The average molecular weight is 382 g/mol. The van der Waals surface area contributed by atoms with Crippen molar-refractivity contribution >= 4 is 34.1 Å². The zero-order chi connectivity index (χ0) is 20.0. The van der Waals surface area contributed by atoms with Gasteiger partial charge in [0.05, 0.1) is 5.69 Å². The molecular weight excluding hydrogens is 363 g/mol. The van der Waals surface area contributed by atoms with E-state index in [0.717, 1.165) is 33.3 Å². The maximum absolute atomic E-state index is 13.6. The van der Waals surface area contributed by atoms with Gasteiger partial charge in [-0.2, -0.15) is 0 Å². The Bertz CT molecular complexity index is 1280. The minimum Gasteiger partial charge on any atom is -0.342 e. The van der Waals surface area contributed by atoms with E-state index in [9.17, 15) is 9.18 Å². The summed E-state index contributed by atoms with van der Waals surface area (Å²) in [5.41, 5.74) is 5.49. The molecule has 1 aliphatic rings. The molecule has 0 bridgehead atoms. The van der Waals surface area contributed by atoms with Crippen molar-refractivity contribution in [1.29, 1.82) is 0 Å². The molecule has 5 rings (SSSR count). The molecule has 4 heteroatoms. The van der Waals surface area contributed by atoms with Crippen LogP contribution in [0.25, 0.3) is 22.6 Å². The number of carbonyl (C=O) groups excluding carboxylic acids is 1. The SMILES string of the molecule is CN1C(=O)/C(=C/c2cn(Cc3cccc(F)c3)c3ccccc23)c2ccccc21. The first kappa shape index (κ1) is 17.4. The molecule has 0 spiro atoms. The van der Waals surface area contributed by atoms with Crippen LogP contribution in [0.1, 0.15) is 16.7 Å². The van der Waals surface area contributed by atoms with Crippen LogP contribution in [0.4, 0.5) is 10.1 Å². The van der Waals surface area contributed by atoms with Gasteiger partial charge in [-0.05, 0) is 35.9 Å². The maximum atomic E-state index is 13.6. The van der Waals surface area contributed by atoms with Gasteiger partial charge in [0.15, 0.2) is 0 Å². The average Bonchev–Trinajstić information content (AvgIpc) is 3.19. The van der Waals surface area contributed by atoms with E-state index in [1.54, 1.807) is 24.1 Å².